The Kier molecular flexibility index (Phi) is 6.14. The van der Waals surface area contributed by atoms with Crippen LogP contribution in [0.4, 0.5) is 0 Å². The lowest BCUT2D eigenvalue weighted by Gasteiger charge is -2.12. The van der Waals surface area contributed by atoms with E-state index >= 15 is 0 Å². The molecule has 9 heteroatoms. The number of hydrogen-bond acceptors (Lipinski definition) is 5. The maximum absolute atomic E-state index is 12.9. The Morgan fingerprint density at radius 1 is 0.906 bits per heavy atom. The number of amides is 3. The molecule has 3 amide bonds. The monoisotopic (exact) mass is 448 g/mol. The van der Waals surface area contributed by atoms with Gasteiger partial charge in [-0.3, -0.25) is 25.2 Å². The number of hydrazine groups is 1. The molecule has 0 saturated carbocycles. The van der Waals surface area contributed by atoms with Gasteiger partial charge >= 0.3 is 0 Å². The Labute approximate surface area is 187 Å². The fraction of sp³-hybridized carbons (Fsp3) is 0.0435. The fourth-order valence-corrected chi connectivity index (χ4v) is 3.30. The second kappa shape index (κ2) is 9.32. The van der Waals surface area contributed by atoms with Crippen LogP contribution in [0.1, 0.15) is 20.9 Å². The summed E-state index contributed by atoms with van der Waals surface area (Å²) >= 11 is 6.30. The number of carbonyl (C=O) groups is 3. The van der Waals surface area contributed by atoms with E-state index in [0.29, 0.717) is 32.7 Å². The van der Waals surface area contributed by atoms with E-state index in [4.69, 9.17) is 16.0 Å². The van der Waals surface area contributed by atoms with E-state index in [1.807, 2.05) is 18.2 Å². The van der Waals surface area contributed by atoms with Gasteiger partial charge in [-0.05, 0) is 30.3 Å². The molecule has 0 atom stereocenters. The predicted molar refractivity (Wildman–Crippen MR) is 119 cm³/mol. The molecule has 0 aliphatic heterocycles. The van der Waals surface area contributed by atoms with Crippen molar-refractivity contribution in [2.75, 3.05) is 6.54 Å². The van der Waals surface area contributed by atoms with Crippen LogP contribution in [0.25, 0.3) is 22.2 Å². The lowest BCUT2D eigenvalue weighted by atomic mass is 10.0. The topological polar surface area (TPSA) is 113 Å². The van der Waals surface area contributed by atoms with Gasteiger partial charge in [0.15, 0.2) is 5.76 Å². The molecule has 0 bridgehead atoms. The predicted octanol–water partition coefficient (Wildman–Crippen LogP) is 3.34. The van der Waals surface area contributed by atoms with Gasteiger partial charge in [0, 0.05) is 16.0 Å². The molecule has 2 aromatic carbocycles. The minimum absolute atomic E-state index is 0.0807. The zero-order valence-electron chi connectivity index (χ0n) is 16.6. The Morgan fingerprint density at radius 2 is 1.69 bits per heavy atom. The van der Waals surface area contributed by atoms with Crippen LogP contribution < -0.4 is 16.2 Å². The summed E-state index contributed by atoms with van der Waals surface area (Å²) in [4.78, 5) is 41.4. The van der Waals surface area contributed by atoms with Crippen molar-refractivity contribution in [2.24, 2.45) is 0 Å². The summed E-state index contributed by atoms with van der Waals surface area (Å²) in [5.41, 5.74) is 6.77. The van der Waals surface area contributed by atoms with Crippen molar-refractivity contribution in [1.29, 1.82) is 0 Å². The number of para-hydroxylation sites is 1. The number of rotatable bonds is 5. The third-order valence-corrected chi connectivity index (χ3v) is 4.91. The normalized spacial score (nSPS) is 10.5. The highest BCUT2D eigenvalue weighted by Crippen LogP contribution is 2.29. The van der Waals surface area contributed by atoms with E-state index < -0.39 is 17.7 Å². The van der Waals surface area contributed by atoms with Crippen LogP contribution in [0, 0.1) is 0 Å². The third kappa shape index (κ3) is 4.60. The average molecular weight is 449 g/mol. The molecular weight excluding hydrogens is 432 g/mol. The Morgan fingerprint density at radius 3 is 2.47 bits per heavy atom. The van der Waals surface area contributed by atoms with Crippen LogP contribution in [0.3, 0.4) is 0 Å². The number of nitrogens with one attached hydrogen (secondary N) is 3. The molecule has 0 spiro atoms. The molecule has 32 heavy (non-hydrogen) atoms. The quantitative estimate of drug-likeness (QED) is 0.405. The number of benzene rings is 2. The number of halogens is 1. The average Bonchev–Trinajstić information content (AvgIpc) is 3.36. The highest BCUT2D eigenvalue weighted by Gasteiger charge is 2.16. The molecule has 4 rings (SSSR count). The summed E-state index contributed by atoms with van der Waals surface area (Å²) in [5.74, 6) is -1.61. The van der Waals surface area contributed by atoms with Gasteiger partial charge < -0.3 is 9.73 Å². The lowest BCUT2D eigenvalue weighted by Crippen LogP contribution is -2.46. The zero-order valence-corrected chi connectivity index (χ0v) is 17.3. The van der Waals surface area contributed by atoms with Crippen LogP contribution >= 0.6 is 11.6 Å². The summed E-state index contributed by atoms with van der Waals surface area (Å²) in [5, 5.41) is 3.51. The third-order valence-electron chi connectivity index (χ3n) is 4.58. The van der Waals surface area contributed by atoms with Gasteiger partial charge in [0.2, 0.25) is 0 Å². The Hall–Kier alpha value is -4.17. The second-order valence-electron chi connectivity index (χ2n) is 6.71. The summed E-state index contributed by atoms with van der Waals surface area (Å²) < 4.78 is 4.95. The molecule has 2 aromatic heterocycles. The highest BCUT2D eigenvalue weighted by atomic mass is 35.5. The fourth-order valence-electron chi connectivity index (χ4n) is 3.06. The number of nitrogens with zero attached hydrogens (tertiary/aromatic N) is 1. The smallest absolute Gasteiger partial charge is 0.287 e. The van der Waals surface area contributed by atoms with E-state index in [9.17, 15) is 14.4 Å². The van der Waals surface area contributed by atoms with Crippen LogP contribution in [-0.4, -0.2) is 29.3 Å². The zero-order chi connectivity index (χ0) is 22.5. The Bertz CT molecular complexity index is 1300. The number of hydrogen-bond donors (Lipinski definition) is 3. The van der Waals surface area contributed by atoms with Crippen molar-refractivity contribution < 1.29 is 18.8 Å². The SMILES string of the molecule is O=C(CNC(=O)c1ccco1)NNC(=O)c1cc(-c2ccccc2Cl)nc2ccccc12. The van der Waals surface area contributed by atoms with Gasteiger partial charge in [-0.2, -0.15) is 0 Å². The number of carbonyl (C=O) groups excluding carboxylic acids is 3. The van der Waals surface area contributed by atoms with Gasteiger partial charge in [-0.1, -0.05) is 48.0 Å². The molecule has 0 radical (unpaired) electrons. The molecule has 4 aromatic rings. The minimum atomic E-state index is -0.608. The molecule has 2 heterocycles. The number of fused-ring (bicyclic) bond motifs is 1. The van der Waals surface area contributed by atoms with Gasteiger partial charge in [0.1, 0.15) is 0 Å². The molecule has 3 N–H and O–H groups in total. The van der Waals surface area contributed by atoms with Gasteiger partial charge in [-0.15, -0.1) is 0 Å². The molecule has 160 valence electrons. The maximum atomic E-state index is 12.9. The summed E-state index contributed by atoms with van der Waals surface area (Å²) in [6.07, 6.45) is 1.35. The largest absolute Gasteiger partial charge is 0.459 e. The summed E-state index contributed by atoms with van der Waals surface area (Å²) in [7, 11) is 0. The van der Waals surface area contributed by atoms with Crippen LogP contribution in [0.5, 0.6) is 0 Å². The van der Waals surface area contributed by atoms with Gasteiger partial charge in [0.25, 0.3) is 17.7 Å². The molecular formula is C23H17ClN4O4. The van der Waals surface area contributed by atoms with E-state index in [-0.39, 0.29) is 12.3 Å². The number of aromatic nitrogens is 1. The van der Waals surface area contributed by atoms with Gasteiger partial charge in [-0.25, -0.2) is 4.98 Å². The number of pyridine rings is 1. The van der Waals surface area contributed by atoms with Crippen molar-refractivity contribution in [2.45, 2.75) is 0 Å². The van der Waals surface area contributed by atoms with Crippen LogP contribution in [0.15, 0.2) is 77.4 Å². The molecule has 0 fully saturated rings. The first-order chi connectivity index (χ1) is 15.5. The summed E-state index contributed by atoms with van der Waals surface area (Å²) in [6, 6.07) is 19.0. The summed E-state index contributed by atoms with van der Waals surface area (Å²) in [6.45, 7) is -0.345. The first-order valence-corrected chi connectivity index (χ1v) is 9.96. The highest BCUT2D eigenvalue weighted by molar-refractivity contribution is 6.33. The van der Waals surface area contributed by atoms with Crippen LogP contribution in [-0.2, 0) is 4.79 Å². The van der Waals surface area contributed by atoms with Crippen molar-refractivity contribution in [3.8, 4) is 11.3 Å². The minimum Gasteiger partial charge on any atom is -0.459 e. The number of furan rings is 1. The Balaban J connectivity index is 1.50. The van der Waals surface area contributed by atoms with Crippen molar-refractivity contribution >= 4 is 40.2 Å². The molecule has 0 saturated heterocycles. The molecule has 8 nitrogen and oxygen atoms in total. The van der Waals surface area contributed by atoms with Crippen molar-refractivity contribution in [1.82, 2.24) is 21.2 Å². The molecule has 0 unspecified atom stereocenters. The van der Waals surface area contributed by atoms with E-state index in [0.717, 1.165) is 0 Å². The lowest BCUT2D eigenvalue weighted by molar-refractivity contribution is -0.120. The molecule has 0 aliphatic carbocycles. The molecule has 0 aliphatic rings. The van der Waals surface area contributed by atoms with Gasteiger partial charge in [0.05, 0.1) is 29.6 Å². The van der Waals surface area contributed by atoms with Crippen LogP contribution in [0.2, 0.25) is 5.02 Å². The second-order valence-corrected chi connectivity index (χ2v) is 7.12. The van der Waals surface area contributed by atoms with E-state index in [2.05, 4.69) is 21.2 Å². The first-order valence-electron chi connectivity index (χ1n) is 9.58. The van der Waals surface area contributed by atoms with Crippen molar-refractivity contribution in [3.05, 3.63) is 89.3 Å². The van der Waals surface area contributed by atoms with Crippen molar-refractivity contribution in [3.63, 3.8) is 0 Å². The van der Waals surface area contributed by atoms with E-state index in [1.54, 1.807) is 42.5 Å². The van der Waals surface area contributed by atoms with E-state index in [1.165, 1.54) is 12.3 Å². The first kappa shape index (κ1) is 21.1. The standard InChI is InChI=1S/C23H17ClN4O4/c24-17-8-3-1-7-15(17)19-12-16(14-6-2-4-9-18(14)26-19)22(30)28-27-21(29)13-25-23(31)20-10-5-11-32-20/h1-12H,13H2,(H,25,31)(H,27,29)(H,28,30). The maximum Gasteiger partial charge on any atom is 0.287 e.